The normalized spacial score (nSPS) is 11.6. The maximum Gasteiger partial charge on any atom is 0.381 e. The molecule has 0 saturated heterocycles. The highest BCUT2D eigenvalue weighted by molar-refractivity contribution is 7.18. The molecule has 3 N–H and O–H groups in total. The second kappa shape index (κ2) is 8.25. The first-order chi connectivity index (χ1) is 12.3. The summed E-state index contributed by atoms with van der Waals surface area (Å²) in [6.07, 6.45) is 2.96. The highest BCUT2D eigenvalue weighted by Gasteiger charge is 2.19. The highest BCUT2D eigenvalue weighted by Crippen LogP contribution is 2.26. The average molecular weight is 378 g/mol. The first-order valence-electron chi connectivity index (χ1n) is 7.33. The molecule has 0 aliphatic heterocycles. The zero-order valence-electron chi connectivity index (χ0n) is 14.6. The van der Waals surface area contributed by atoms with Gasteiger partial charge in [0.25, 0.3) is 5.91 Å². The van der Waals surface area contributed by atoms with Gasteiger partial charge in [0, 0.05) is 25.9 Å². The summed E-state index contributed by atoms with van der Waals surface area (Å²) in [5.74, 6) is -0.803. The van der Waals surface area contributed by atoms with E-state index in [1.807, 2.05) is 0 Å². The van der Waals surface area contributed by atoms with Crippen LogP contribution in [-0.2, 0) is 0 Å². The summed E-state index contributed by atoms with van der Waals surface area (Å²) in [6.45, 7) is 1.75. The second-order valence-electron chi connectivity index (χ2n) is 5.17. The van der Waals surface area contributed by atoms with Crippen molar-refractivity contribution in [2.24, 2.45) is 10.7 Å². The van der Waals surface area contributed by atoms with Gasteiger partial charge in [-0.15, -0.1) is 10.2 Å². The summed E-state index contributed by atoms with van der Waals surface area (Å²) < 4.78 is 10.0. The van der Waals surface area contributed by atoms with Crippen molar-refractivity contribution in [1.82, 2.24) is 10.2 Å². The summed E-state index contributed by atoms with van der Waals surface area (Å²) in [4.78, 5) is 30.1. The number of hydrogen-bond acceptors (Lipinski definition) is 10. The van der Waals surface area contributed by atoms with Crippen LogP contribution in [0, 0.1) is 0 Å². The number of hydrogen-bond donors (Lipinski definition) is 2. The van der Waals surface area contributed by atoms with Crippen LogP contribution in [0.2, 0.25) is 0 Å². The van der Waals surface area contributed by atoms with Crippen molar-refractivity contribution < 1.29 is 13.9 Å². The molecule has 2 rings (SSSR count). The Kier molecular flexibility index (Phi) is 6.07. The quantitative estimate of drug-likeness (QED) is 0.720. The van der Waals surface area contributed by atoms with Crippen molar-refractivity contribution in [2.45, 2.75) is 6.92 Å². The summed E-state index contributed by atoms with van der Waals surface area (Å²) in [5.41, 5.74) is 5.59. The number of nitrogens with zero attached hydrogens (tertiary/aromatic N) is 4. The van der Waals surface area contributed by atoms with E-state index in [0.717, 1.165) is 11.3 Å². The van der Waals surface area contributed by atoms with Crippen LogP contribution in [0.4, 0.5) is 16.0 Å². The largest absolute Gasteiger partial charge is 0.488 e. The third-order valence-electron chi connectivity index (χ3n) is 3.04. The lowest BCUT2D eigenvalue weighted by atomic mass is 10.3. The molecule has 0 unspecified atom stereocenters. The number of aliphatic imine (C=N–C) groups is 1. The van der Waals surface area contributed by atoms with Crippen molar-refractivity contribution in [3.05, 3.63) is 34.5 Å². The lowest BCUT2D eigenvalue weighted by molar-refractivity contribution is 0.0991. The molecule has 2 aromatic rings. The topological polar surface area (TPSA) is 136 Å². The Morgan fingerprint density at radius 1 is 1.46 bits per heavy atom. The maximum atomic E-state index is 12.3. The molecule has 0 fully saturated rings. The third kappa shape index (κ3) is 4.45. The van der Waals surface area contributed by atoms with Gasteiger partial charge in [0.05, 0.1) is 12.8 Å². The highest BCUT2D eigenvalue weighted by atomic mass is 32.1. The van der Waals surface area contributed by atoms with Crippen LogP contribution in [0.5, 0.6) is 5.75 Å². The van der Waals surface area contributed by atoms with E-state index in [9.17, 15) is 9.59 Å². The van der Waals surface area contributed by atoms with Gasteiger partial charge < -0.3 is 19.8 Å². The number of methoxy groups -OCH3 is 1. The van der Waals surface area contributed by atoms with E-state index < -0.39 is 11.5 Å². The molecule has 10 nitrogen and oxygen atoms in total. The summed E-state index contributed by atoms with van der Waals surface area (Å²) in [6, 6.07) is 1.41. The average Bonchev–Trinajstić information content (AvgIpc) is 3.00. The van der Waals surface area contributed by atoms with Crippen molar-refractivity contribution in [3.8, 4) is 5.75 Å². The van der Waals surface area contributed by atoms with Crippen molar-refractivity contribution in [3.63, 3.8) is 0 Å². The minimum atomic E-state index is -0.754. The van der Waals surface area contributed by atoms with E-state index in [-0.39, 0.29) is 16.6 Å². The molecule has 1 amide bonds. The molecule has 0 aromatic carbocycles. The van der Waals surface area contributed by atoms with E-state index in [0.29, 0.717) is 16.5 Å². The minimum Gasteiger partial charge on any atom is -0.488 e. The molecule has 138 valence electrons. The Hall–Kier alpha value is -3.21. The van der Waals surface area contributed by atoms with Crippen molar-refractivity contribution in [2.75, 3.05) is 31.4 Å². The number of nitrogens with two attached hydrogens (primary N) is 1. The third-order valence-corrected chi connectivity index (χ3v) is 3.78. The van der Waals surface area contributed by atoms with Crippen LogP contribution in [0.15, 0.2) is 32.5 Å². The number of nitrogens with one attached hydrogen (secondary N) is 1. The zero-order valence-corrected chi connectivity index (χ0v) is 15.5. The van der Waals surface area contributed by atoms with E-state index in [2.05, 4.69) is 20.5 Å². The van der Waals surface area contributed by atoms with E-state index in [1.165, 1.54) is 19.4 Å². The summed E-state index contributed by atoms with van der Waals surface area (Å²) in [7, 11) is 4.78. The Morgan fingerprint density at radius 2 is 2.19 bits per heavy atom. The number of amides is 1. The second-order valence-corrected chi connectivity index (χ2v) is 6.12. The smallest absolute Gasteiger partial charge is 0.381 e. The summed E-state index contributed by atoms with van der Waals surface area (Å²) in [5, 5.41) is 10.8. The maximum absolute atomic E-state index is 12.3. The van der Waals surface area contributed by atoms with Gasteiger partial charge in [-0.2, -0.15) is 0 Å². The van der Waals surface area contributed by atoms with Crippen molar-refractivity contribution in [1.29, 1.82) is 0 Å². The Labute approximate surface area is 153 Å². The predicted octanol–water partition coefficient (Wildman–Crippen LogP) is 1.38. The minimum absolute atomic E-state index is 0.0162. The van der Waals surface area contributed by atoms with Gasteiger partial charge in [-0.05, 0) is 19.2 Å². The number of rotatable bonds is 6. The standard InChI is InChI=1S/C15H18N6O4S/c1-8(5-6-16)17-14-19-20-15(26-14)18-12(22)10-7-9(21(2)3)11(24-4)13(23)25-10/h5-7H,16H2,1-4H3,(H,18,20,22). The lowest BCUT2D eigenvalue weighted by Gasteiger charge is -2.15. The molecule has 0 bridgehead atoms. The number of carbonyl (C=O) groups excluding carboxylic acids is 1. The fourth-order valence-electron chi connectivity index (χ4n) is 1.90. The molecule has 0 aliphatic carbocycles. The van der Waals surface area contributed by atoms with Crippen molar-refractivity contribution >= 4 is 38.9 Å². The van der Waals surface area contributed by atoms with Gasteiger partial charge >= 0.3 is 5.63 Å². The molecular weight excluding hydrogens is 360 g/mol. The number of anilines is 2. The van der Waals surface area contributed by atoms with Crippen LogP contribution in [-0.4, -0.2) is 43.0 Å². The van der Waals surface area contributed by atoms with Gasteiger partial charge in [0.1, 0.15) is 0 Å². The van der Waals surface area contributed by atoms with E-state index in [1.54, 1.807) is 32.0 Å². The molecular formula is C15H18N6O4S. The molecule has 2 heterocycles. The van der Waals surface area contributed by atoms with Crippen LogP contribution >= 0.6 is 11.3 Å². The number of carbonyl (C=O) groups is 1. The van der Waals surface area contributed by atoms with Crippen LogP contribution in [0.25, 0.3) is 0 Å². The predicted molar refractivity (Wildman–Crippen MR) is 99.8 cm³/mol. The number of ether oxygens (including phenoxy) is 1. The van der Waals surface area contributed by atoms with E-state index in [4.69, 9.17) is 14.9 Å². The van der Waals surface area contributed by atoms with Gasteiger partial charge in [-0.1, -0.05) is 11.3 Å². The molecule has 0 radical (unpaired) electrons. The molecule has 26 heavy (non-hydrogen) atoms. The summed E-state index contributed by atoms with van der Waals surface area (Å²) >= 11 is 1.06. The molecule has 0 spiro atoms. The van der Waals surface area contributed by atoms with Crippen LogP contribution in [0.3, 0.4) is 0 Å². The Morgan fingerprint density at radius 3 is 2.81 bits per heavy atom. The fraction of sp³-hybridized carbons (Fsp3) is 0.267. The molecule has 0 saturated carbocycles. The fourth-order valence-corrected chi connectivity index (χ4v) is 2.57. The van der Waals surface area contributed by atoms with Crippen LogP contribution < -0.4 is 26.3 Å². The zero-order chi connectivity index (χ0) is 19.3. The first-order valence-corrected chi connectivity index (χ1v) is 8.15. The lowest BCUT2D eigenvalue weighted by Crippen LogP contribution is -2.20. The molecule has 2 aromatic heterocycles. The van der Waals surface area contributed by atoms with Gasteiger partial charge in [-0.25, -0.2) is 9.79 Å². The molecule has 11 heteroatoms. The number of allylic oxidation sites excluding steroid dienone is 1. The first kappa shape index (κ1) is 19.1. The van der Waals surface area contributed by atoms with Gasteiger partial charge in [-0.3, -0.25) is 10.1 Å². The number of aromatic nitrogens is 2. The Bertz CT molecular complexity index is 915. The van der Waals surface area contributed by atoms with Crippen LogP contribution in [0.1, 0.15) is 17.5 Å². The van der Waals surface area contributed by atoms with Gasteiger partial charge in [0.2, 0.25) is 16.0 Å². The molecule has 0 aliphatic rings. The van der Waals surface area contributed by atoms with Gasteiger partial charge in [0.15, 0.2) is 5.76 Å². The monoisotopic (exact) mass is 378 g/mol. The SMILES string of the molecule is COc1c(N(C)C)cc(C(=O)Nc2nnc(N=C(C)C=CN)s2)oc1=O. The van der Waals surface area contributed by atoms with E-state index >= 15 is 0 Å². The Balaban J connectivity index is 2.25. The molecule has 0 atom stereocenters.